The fourth-order valence-electron chi connectivity index (χ4n) is 11.1. The minimum Gasteiger partial charge on any atom is -0.780 e. The van der Waals surface area contributed by atoms with E-state index in [4.69, 9.17) is 13.6 Å². The molecular formula is C69H117Nd2O12P3. The minimum absolute atomic E-state index is 0. The van der Waals surface area contributed by atoms with Gasteiger partial charge in [-0.1, -0.05) is 291 Å². The van der Waals surface area contributed by atoms with Crippen LogP contribution in [-0.2, 0) is 52.2 Å². The Labute approximate surface area is 591 Å². The Morgan fingerprint density at radius 1 is 0.314 bits per heavy atom. The second-order valence-corrected chi connectivity index (χ2v) is 27.1. The maximum atomic E-state index is 11.1. The van der Waals surface area contributed by atoms with Gasteiger partial charge in [0.05, 0.1) is 0 Å². The summed E-state index contributed by atoms with van der Waals surface area (Å²) in [4.78, 5) is 66.8. The third-order valence-corrected chi connectivity index (χ3v) is 17.6. The van der Waals surface area contributed by atoms with Gasteiger partial charge in [0.2, 0.25) is 0 Å². The Balaban J connectivity index is 0. The molecule has 3 aromatic rings. The fourth-order valence-corrected chi connectivity index (χ4v) is 12.4. The maximum absolute atomic E-state index is 11.1. The molecule has 12 nitrogen and oxygen atoms in total. The molecule has 3 rings (SSSR count). The van der Waals surface area contributed by atoms with Crippen molar-refractivity contribution < 1.29 is 138 Å². The fraction of sp³-hybridized carbons (Fsp3) is 0.739. The predicted octanol–water partition coefficient (Wildman–Crippen LogP) is 17.8. The van der Waals surface area contributed by atoms with Crippen molar-refractivity contribution in [2.45, 2.75) is 313 Å². The van der Waals surface area contributed by atoms with Gasteiger partial charge in [0, 0.05) is 0 Å². The van der Waals surface area contributed by atoms with Crippen molar-refractivity contribution >= 4 is 23.5 Å². The standard InChI is InChI=1S/3C23H41O4P.2Nd/c3*1-4-7-9-10-11-12-13-15-21-16-17-23(27-28(24,25)26)22(19-21)18-20(6-3)14-8-5-2;;/h3*16-17,19-20H,4-15,18H2,1-3H3,(H2,24,25,26);;/q;;;2*+3/p-6. The van der Waals surface area contributed by atoms with Crippen LogP contribution in [0.4, 0.5) is 0 Å². The van der Waals surface area contributed by atoms with Crippen molar-refractivity contribution in [2.24, 2.45) is 17.8 Å². The van der Waals surface area contributed by atoms with E-state index in [1.165, 1.54) is 132 Å². The topological polar surface area (TPSA) is 217 Å². The molecule has 0 N–H and O–H groups in total. The first kappa shape index (κ1) is 88.3. The van der Waals surface area contributed by atoms with Crippen LogP contribution in [-0.4, -0.2) is 0 Å². The molecule has 0 aliphatic carbocycles. The van der Waals surface area contributed by atoms with Gasteiger partial charge in [0.15, 0.2) is 0 Å². The van der Waals surface area contributed by atoms with Gasteiger partial charge in [-0.05, 0) is 127 Å². The third kappa shape index (κ3) is 47.1. The molecule has 0 aliphatic rings. The second kappa shape index (κ2) is 54.6. The van der Waals surface area contributed by atoms with E-state index in [9.17, 15) is 43.1 Å². The maximum Gasteiger partial charge on any atom is 3.00 e. The van der Waals surface area contributed by atoms with Gasteiger partial charge >= 0.3 is 81.7 Å². The van der Waals surface area contributed by atoms with E-state index in [0.29, 0.717) is 17.8 Å². The van der Waals surface area contributed by atoms with Gasteiger partial charge in [-0.15, -0.1) is 0 Å². The van der Waals surface area contributed by atoms with Crippen molar-refractivity contribution in [3.05, 3.63) is 88.0 Å². The van der Waals surface area contributed by atoms with E-state index in [2.05, 4.69) is 80.5 Å². The SMILES string of the molecule is CCCCCCCCCc1ccc(OP(=O)([O-])[O-])c(CC(CC)CCCC)c1.CCCCCCCCCc1ccc(OP(=O)([O-])[O-])c(CC(CC)CCCC)c1.CCCCCCCCCc1ccc(OP(=O)([O-])[O-])c(CC(CC)CCCC)c1.[Nd+3].[Nd+3]. The molecule has 488 valence electrons. The average Bonchev–Trinajstić information content (AvgIpc) is 2.39. The summed E-state index contributed by atoms with van der Waals surface area (Å²) in [5.74, 6) is 2.08. The molecule has 0 saturated carbocycles. The zero-order chi connectivity index (χ0) is 62.5. The molecule has 3 atom stereocenters. The van der Waals surface area contributed by atoms with Gasteiger partial charge in [0.1, 0.15) is 40.7 Å². The van der Waals surface area contributed by atoms with Gasteiger partial charge in [-0.25, -0.2) is 0 Å². The number of unbranched alkanes of at least 4 members (excludes halogenated alkanes) is 21. The average molecular weight is 1520 g/mol. The summed E-state index contributed by atoms with van der Waals surface area (Å²) < 4.78 is 47.7. The van der Waals surface area contributed by atoms with Crippen molar-refractivity contribution in [2.75, 3.05) is 0 Å². The first-order chi connectivity index (χ1) is 40.2. The number of benzene rings is 3. The Bertz CT molecular complexity index is 2010. The van der Waals surface area contributed by atoms with E-state index in [1.54, 1.807) is 18.2 Å². The van der Waals surface area contributed by atoms with Gasteiger partial charge < -0.3 is 56.6 Å². The first-order valence-electron chi connectivity index (χ1n) is 33.7. The number of phosphoric ester groups is 3. The predicted molar refractivity (Wildman–Crippen MR) is 340 cm³/mol. The molecule has 0 spiro atoms. The van der Waals surface area contributed by atoms with Gasteiger partial charge in [-0.2, -0.15) is 0 Å². The summed E-state index contributed by atoms with van der Waals surface area (Å²) in [5, 5.41) is 0. The summed E-state index contributed by atoms with van der Waals surface area (Å²) in [6.07, 6.45) is 45.2. The molecule has 3 aromatic carbocycles. The summed E-state index contributed by atoms with van der Waals surface area (Å²) in [6, 6.07) is 16.9. The van der Waals surface area contributed by atoms with Crippen molar-refractivity contribution in [3.8, 4) is 17.2 Å². The van der Waals surface area contributed by atoms with Crippen molar-refractivity contribution in [3.63, 3.8) is 0 Å². The number of aryl methyl sites for hydroxylation is 3. The number of hydrogen-bond donors (Lipinski definition) is 0. The molecule has 86 heavy (non-hydrogen) atoms. The summed E-state index contributed by atoms with van der Waals surface area (Å²) in [6.45, 7) is 19.7. The molecule has 0 amide bonds. The Morgan fingerprint density at radius 3 is 0.721 bits per heavy atom. The normalized spacial score (nSPS) is 12.6. The summed E-state index contributed by atoms with van der Waals surface area (Å²) >= 11 is 0. The molecule has 3 unspecified atom stereocenters. The number of phosphoric acid groups is 3. The molecule has 17 heteroatoms. The van der Waals surface area contributed by atoms with Crippen LogP contribution in [0.3, 0.4) is 0 Å². The molecule has 0 aromatic heterocycles. The van der Waals surface area contributed by atoms with Crippen molar-refractivity contribution in [1.29, 1.82) is 0 Å². The van der Waals surface area contributed by atoms with E-state index in [1.807, 2.05) is 18.2 Å². The van der Waals surface area contributed by atoms with Crippen LogP contribution in [0.1, 0.15) is 308 Å². The molecule has 0 aliphatic heterocycles. The van der Waals surface area contributed by atoms with E-state index >= 15 is 0 Å². The summed E-state index contributed by atoms with van der Waals surface area (Å²) in [5.41, 5.74) is 6.18. The van der Waals surface area contributed by atoms with Crippen LogP contribution in [0.15, 0.2) is 54.6 Å². The van der Waals surface area contributed by atoms with Crippen LogP contribution in [0.2, 0.25) is 0 Å². The van der Waals surface area contributed by atoms with Crippen LogP contribution < -0.4 is 42.9 Å². The number of rotatable bonds is 48. The van der Waals surface area contributed by atoms with Crippen LogP contribution in [0.5, 0.6) is 17.2 Å². The van der Waals surface area contributed by atoms with Gasteiger partial charge in [-0.3, -0.25) is 0 Å². The zero-order valence-electron chi connectivity index (χ0n) is 55.2. The Morgan fingerprint density at radius 2 is 0.523 bits per heavy atom. The largest absolute Gasteiger partial charge is 3.00 e. The smallest absolute Gasteiger partial charge is 0.780 e. The third-order valence-electron chi connectivity index (χ3n) is 16.4. The van der Waals surface area contributed by atoms with E-state index in [-0.39, 0.29) is 98.9 Å². The zero-order valence-corrected chi connectivity index (χ0v) is 64.3. The monoisotopic (exact) mass is 1510 g/mol. The quantitative estimate of drug-likeness (QED) is 0.0381. The van der Waals surface area contributed by atoms with Crippen molar-refractivity contribution in [1.82, 2.24) is 0 Å². The Kier molecular flexibility index (Phi) is 56.0. The second-order valence-electron chi connectivity index (χ2n) is 23.9. The van der Waals surface area contributed by atoms with E-state index < -0.39 is 23.5 Å². The van der Waals surface area contributed by atoms with Gasteiger partial charge in [0.25, 0.3) is 0 Å². The number of hydrogen-bond acceptors (Lipinski definition) is 12. The van der Waals surface area contributed by atoms with E-state index in [0.717, 1.165) is 152 Å². The minimum atomic E-state index is -5.04. The summed E-state index contributed by atoms with van der Waals surface area (Å²) in [7, 11) is -15.1. The van der Waals surface area contributed by atoms with Crippen LogP contribution in [0.25, 0.3) is 0 Å². The van der Waals surface area contributed by atoms with Crippen LogP contribution in [0, 0.1) is 99.4 Å². The Hall–Kier alpha value is 0.211. The first-order valence-corrected chi connectivity index (χ1v) is 38.1. The molecule has 2 radical (unpaired) electrons. The molecule has 0 saturated heterocycles. The van der Waals surface area contributed by atoms with Crippen LogP contribution >= 0.6 is 23.5 Å². The molecule has 0 fully saturated rings. The molecule has 0 bridgehead atoms. The molecule has 0 heterocycles. The molecular weight excluding hydrogens is 1400 g/mol.